The van der Waals surface area contributed by atoms with Gasteiger partial charge in [-0.3, -0.25) is 4.79 Å². The lowest BCUT2D eigenvalue weighted by molar-refractivity contribution is -0.153. The average Bonchev–Trinajstić information content (AvgIpc) is 2.63. The van der Waals surface area contributed by atoms with Crippen molar-refractivity contribution in [3.63, 3.8) is 0 Å². The van der Waals surface area contributed by atoms with Crippen LogP contribution in [-0.2, 0) is 14.3 Å². The van der Waals surface area contributed by atoms with E-state index in [1.165, 1.54) is 0 Å². The van der Waals surface area contributed by atoms with Gasteiger partial charge in [0, 0.05) is 0 Å². The van der Waals surface area contributed by atoms with Gasteiger partial charge in [-0.05, 0) is 26.0 Å². The van der Waals surface area contributed by atoms with Crippen molar-refractivity contribution in [2.45, 2.75) is 19.9 Å². The van der Waals surface area contributed by atoms with Gasteiger partial charge in [-0.1, -0.05) is 0 Å². The van der Waals surface area contributed by atoms with Gasteiger partial charge in [-0.2, -0.15) is 0 Å². The molecular weight excluding hydrogens is 198 g/mol. The molecule has 0 aromatic carbocycles. The van der Waals surface area contributed by atoms with Gasteiger partial charge in [0.05, 0.1) is 13.2 Å². The molecule has 1 aromatic rings. The second-order valence-corrected chi connectivity index (χ2v) is 3.14. The van der Waals surface area contributed by atoms with E-state index in [0.717, 1.165) is 12.9 Å². The monoisotopic (exact) mass is 211 g/mol. The summed E-state index contributed by atoms with van der Waals surface area (Å²) in [6.07, 6.45) is 0. The van der Waals surface area contributed by atoms with Crippen molar-refractivity contribution in [2.24, 2.45) is 0 Å². The Labute approximate surface area is 87.4 Å². The third-order valence-corrected chi connectivity index (χ3v) is 1.91. The van der Waals surface area contributed by atoms with E-state index in [1.54, 1.807) is 26.0 Å². The molecule has 0 aliphatic heterocycles. The summed E-state index contributed by atoms with van der Waals surface area (Å²) in [5.74, 6) is -0.335. The lowest BCUT2D eigenvalue weighted by atomic mass is 10.2. The van der Waals surface area contributed by atoms with Crippen LogP contribution in [-0.4, -0.2) is 19.0 Å². The first-order valence-electron chi connectivity index (χ1n) is 4.49. The Morgan fingerprint density at radius 2 is 2.13 bits per heavy atom. The van der Waals surface area contributed by atoms with Crippen molar-refractivity contribution in [3.8, 4) is 0 Å². The molecule has 0 bridgehead atoms. The Hall–Kier alpha value is -1.78. The number of hydrogen-bond donors (Lipinski definition) is 1. The topological polar surface area (TPSA) is 68.5 Å². The lowest BCUT2D eigenvalue weighted by Gasteiger charge is -2.09. The molecule has 82 valence electrons. The molecule has 15 heavy (non-hydrogen) atoms. The van der Waals surface area contributed by atoms with Gasteiger partial charge in [0.15, 0.2) is 0 Å². The van der Waals surface area contributed by atoms with Gasteiger partial charge in [0.1, 0.15) is 11.5 Å². The lowest BCUT2D eigenvalue weighted by Crippen LogP contribution is -2.33. The molecule has 1 atom stereocenters. The molecule has 0 fully saturated rings. The fourth-order valence-corrected chi connectivity index (χ4v) is 1.11. The molecule has 0 radical (unpaired) electrons. The fourth-order valence-electron chi connectivity index (χ4n) is 1.11. The maximum Gasteiger partial charge on any atom is 0.396 e. The Morgan fingerprint density at radius 1 is 1.47 bits per heavy atom. The molecule has 1 N–H and O–H groups in total. The summed E-state index contributed by atoms with van der Waals surface area (Å²) < 4.78 is 9.57. The van der Waals surface area contributed by atoms with Crippen LogP contribution in [0.25, 0.3) is 0 Å². The van der Waals surface area contributed by atoms with Crippen LogP contribution < -0.4 is 5.32 Å². The SMILES string of the molecule is COC(=O)C(=O)NC(C)c1ccc(C)o1. The molecule has 5 heteroatoms. The zero-order valence-corrected chi connectivity index (χ0v) is 8.87. The Morgan fingerprint density at radius 3 is 2.60 bits per heavy atom. The quantitative estimate of drug-likeness (QED) is 0.583. The largest absolute Gasteiger partial charge is 0.464 e. The number of esters is 1. The van der Waals surface area contributed by atoms with E-state index < -0.39 is 11.9 Å². The summed E-state index contributed by atoms with van der Waals surface area (Å²) in [6, 6.07) is 3.18. The minimum atomic E-state index is -0.912. The fraction of sp³-hybridized carbons (Fsp3) is 0.400. The van der Waals surface area contributed by atoms with Crippen molar-refractivity contribution in [3.05, 3.63) is 23.7 Å². The number of furan rings is 1. The highest BCUT2D eigenvalue weighted by Crippen LogP contribution is 2.15. The first-order chi connectivity index (χ1) is 7.04. The highest BCUT2D eigenvalue weighted by atomic mass is 16.5. The summed E-state index contributed by atoms with van der Waals surface area (Å²) in [6.45, 7) is 3.53. The maximum absolute atomic E-state index is 11.1. The minimum absolute atomic E-state index is 0.356. The normalized spacial score (nSPS) is 11.9. The zero-order chi connectivity index (χ0) is 11.4. The molecule has 1 aromatic heterocycles. The molecular formula is C10H13NO4. The number of methoxy groups -OCH3 is 1. The third kappa shape index (κ3) is 2.83. The third-order valence-electron chi connectivity index (χ3n) is 1.91. The number of amides is 1. The van der Waals surface area contributed by atoms with E-state index in [1.807, 2.05) is 0 Å². The highest BCUT2D eigenvalue weighted by molar-refractivity contribution is 6.32. The van der Waals surface area contributed by atoms with E-state index in [2.05, 4.69) is 10.1 Å². The van der Waals surface area contributed by atoms with Crippen LogP contribution >= 0.6 is 0 Å². The first-order valence-corrected chi connectivity index (χ1v) is 4.49. The van der Waals surface area contributed by atoms with Gasteiger partial charge in [0.25, 0.3) is 0 Å². The minimum Gasteiger partial charge on any atom is -0.464 e. The molecule has 0 aliphatic rings. The predicted molar refractivity (Wildman–Crippen MR) is 52.0 cm³/mol. The Bertz CT molecular complexity index is 369. The van der Waals surface area contributed by atoms with Crippen LogP contribution in [0, 0.1) is 6.92 Å². The number of ether oxygens (including phenoxy) is 1. The maximum atomic E-state index is 11.1. The van der Waals surface area contributed by atoms with Crippen molar-refractivity contribution in [2.75, 3.05) is 7.11 Å². The predicted octanol–water partition coefficient (Wildman–Crippen LogP) is 0.938. The molecule has 5 nitrogen and oxygen atoms in total. The van der Waals surface area contributed by atoms with Gasteiger partial charge < -0.3 is 14.5 Å². The average molecular weight is 211 g/mol. The summed E-state index contributed by atoms with van der Waals surface area (Å²) in [5, 5.41) is 2.45. The van der Waals surface area contributed by atoms with Crippen LogP contribution in [0.2, 0.25) is 0 Å². The van der Waals surface area contributed by atoms with Crippen molar-refractivity contribution in [1.82, 2.24) is 5.32 Å². The summed E-state index contributed by atoms with van der Waals surface area (Å²) >= 11 is 0. The van der Waals surface area contributed by atoms with Crippen LogP contribution in [0.15, 0.2) is 16.5 Å². The first kappa shape index (κ1) is 11.3. The van der Waals surface area contributed by atoms with E-state index in [9.17, 15) is 9.59 Å². The van der Waals surface area contributed by atoms with E-state index in [-0.39, 0.29) is 6.04 Å². The standard InChI is InChI=1S/C10H13NO4/c1-6-4-5-8(15-6)7(2)11-9(12)10(13)14-3/h4-5,7H,1-3H3,(H,11,12). The summed E-state index contributed by atoms with van der Waals surface area (Å²) in [7, 11) is 1.16. The van der Waals surface area contributed by atoms with Crippen LogP contribution in [0.5, 0.6) is 0 Å². The number of hydrogen-bond acceptors (Lipinski definition) is 4. The van der Waals surface area contributed by atoms with E-state index in [4.69, 9.17) is 4.42 Å². The van der Waals surface area contributed by atoms with E-state index in [0.29, 0.717) is 5.76 Å². The molecule has 1 amide bonds. The van der Waals surface area contributed by atoms with Gasteiger partial charge >= 0.3 is 11.9 Å². The van der Waals surface area contributed by atoms with Crippen LogP contribution in [0.3, 0.4) is 0 Å². The molecule has 0 spiro atoms. The Balaban J connectivity index is 2.60. The molecule has 0 saturated heterocycles. The highest BCUT2D eigenvalue weighted by Gasteiger charge is 2.18. The molecule has 1 rings (SSSR count). The molecule has 0 aliphatic carbocycles. The smallest absolute Gasteiger partial charge is 0.396 e. The number of carbonyl (C=O) groups is 2. The van der Waals surface area contributed by atoms with Crippen LogP contribution in [0.4, 0.5) is 0 Å². The number of carbonyl (C=O) groups excluding carboxylic acids is 2. The van der Waals surface area contributed by atoms with E-state index >= 15 is 0 Å². The zero-order valence-electron chi connectivity index (χ0n) is 8.87. The molecule has 0 saturated carbocycles. The second-order valence-electron chi connectivity index (χ2n) is 3.14. The number of rotatable bonds is 2. The number of aryl methyl sites for hydroxylation is 1. The van der Waals surface area contributed by atoms with Gasteiger partial charge in [0.2, 0.25) is 0 Å². The van der Waals surface area contributed by atoms with Crippen molar-refractivity contribution >= 4 is 11.9 Å². The van der Waals surface area contributed by atoms with Gasteiger partial charge in [-0.15, -0.1) is 0 Å². The summed E-state index contributed by atoms with van der Waals surface area (Å²) in [4.78, 5) is 22.0. The van der Waals surface area contributed by atoms with Crippen molar-refractivity contribution < 1.29 is 18.7 Å². The Kier molecular flexibility index (Phi) is 3.49. The van der Waals surface area contributed by atoms with Crippen molar-refractivity contribution in [1.29, 1.82) is 0 Å². The molecule has 1 unspecified atom stereocenters. The summed E-state index contributed by atoms with van der Waals surface area (Å²) in [5.41, 5.74) is 0. The second kappa shape index (κ2) is 4.63. The van der Waals surface area contributed by atoms with Crippen LogP contribution in [0.1, 0.15) is 24.5 Å². The molecule has 1 heterocycles. The van der Waals surface area contributed by atoms with Gasteiger partial charge in [-0.25, -0.2) is 4.79 Å². The number of nitrogens with one attached hydrogen (secondary N) is 1.